The third-order valence-corrected chi connectivity index (χ3v) is 1.78. The minimum atomic E-state index is -4.86. The zero-order valence-electron chi connectivity index (χ0n) is 6.81. The molecule has 1 aromatic rings. The fourth-order valence-electron chi connectivity index (χ4n) is 0.732. The van der Waals surface area contributed by atoms with Gasteiger partial charge in [0.05, 0.1) is 10.6 Å². The van der Waals surface area contributed by atoms with Gasteiger partial charge in [-0.3, -0.25) is 4.79 Å². The summed E-state index contributed by atoms with van der Waals surface area (Å²) in [7, 11) is 0. The Morgan fingerprint density at radius 2 is 2.07 bits per heavy atom. The van der Waals surface area contributed by atoms with Crippen LogP contribution in [0.5, 0.6) is 5.88 Å². The van der Waals surface area contributed by atoms with E-state index >= 15 is 0 Å². The van der Waals surface area contributed by atoms with Gasteiger partial charge in [0.2, 0.25) is 5.88 Å². The predicted molar refractivity (Wildman–Crippen MR) is 46.1 cm³/mol. The molecule has 0 saturated carbocycles. The van der Waals surface area contributed by atoms with E-state index in [1.807, 2.05) is 0 Å². The molecule has 1 rings (SSSR count). The largest absolute Gasteiger partial charge is 0.574 e. The van der Waals surface area contributed by atoms with Gasteiger partial charge < -0.3 is 4.74 Å². The van der Waals surface area contributed by atoms with Crippen LogP contribution in [0.1, 0.15) is 10.4 Å². The van der Waals surface area contributed by atoms with Gasteiger partial charge in [-0.05, 0) is 11.6 Å². The maximum Gasteiger partial charge on any atom is 0.574 e. The molecule has 1 aromatic heterocycles. The number of hydrogen-bond acceptors (Lipinski definition) is 3. The van der Waals surface area contributed by atoms with E-state index in [2.05, 4.69) is 9.72 Å². The molecular formula is C7H2Cl2F3NO2. The van der Waals surface area contributed by atoms with Gasteiger partial charge in [-0.2, -0.15) is 0 Å². The summed E-state index contributed by atoms with van der Waals surface area (Å²) in [5, 5.41) is -1.17. The lowest BCUT2D eigenvalue weighted by Gasteiger charge is -2.08. The normalized spacial score (nSPS) is 11.3. The summed E-state index contributed by atoms with van der Waals surface area (Å²) >= 11 is 10.5. The Morgan fingerprint density at radius 3 is 2.47 bits per heavy atom. The number of ether oxygens (including phenoxy) is 1. The summed E-state index contributed by atoms with van der Waals surface area (Å²) in [6.45, 7) is 0. The van der Waals surface area contributed by atoms with Gasteiger partial charge in [-0.25, -0.2) is 4.98 Å². The van der Waals surface area contributed by atoms with Gasteiger partial charge in [0, 0.05) is 12.3 Å². The number of alkyl halides is 3. The molecule has 15 heavy (non-hydrogen) atoms. The summed E-state index contributed by atoms with van der Waals surface area (Å²) in [5.74, 6) is -0.755. The average molecular weight is 260 g/mol. The van der Waals surface area contributed by atoms with Crippen LogP contribution in [0.15, 0.2) is 12.3 Å². The second-order valence-electron chi connectivity index (χ2n) is 2.32. The number of hydrogen-bond donors (Lipinski definition) is 0. The van der Waals surface area contributed by atoms with Gasteiger partial charge in [0.1, 0.15) is 0 Å². The lowest BCUT2D eigenvalue weighted by Crippen LogP contribution is -2.18. The van der Waals surface area contributed by atoms with Gasteiger partial charge in [0.15, 0.2) is 0 Å². The molecule has 0 amide bonds. The Kier molecular flexibility index (Phi) is 3.41. The Balaban J connectivity index is 2.97. The summed E-state index contributed by atoms with van der Waals surface area (Å²) in [5.41, 5.74) is -0.187. The monoisotopic (exact) mass is 259 g/mol. The highest BCUT2D eigenvalue weighted by atomic mass is 35.5. The van der Waals surface area contributed by atoms with Crippen molar-refractivity contribution in [2.45, 2.75) is 6.36 Å². The molecule has 0 unspecified atom stereocenters. The van der Waals surface area contributed by atoms with E-state index in [0.29, 0.717) is 0 Å². The molecule has 0 spiro atoms. The van der Waals surface area contributed by atoms with Gasteiger partial charge in [-0.1, -0.05) is 11.6 Å². The maximum atomic E-state index is 11.7. The van der Waals surface area contributed by atoms with Gasteiger partial charge in [0.25, 0.3) is 5.24 Å². The molecule has 8 heteroatoms. The van der Waals surface area contributed by atoms with Crippen LogP contribution < -0.4 is 4.74 Å². The zero-order valence-corrected chi connectivity index (χ0v) is 8.32. The maximum absolute atomic E-state index is 11.7. The predicted octanol–water partition coefficient (Wildman–Crippen LogP) is 3.01. The van der Waals surface area contributed by atoms with E-state index in [9.17, 15) is 18.0 Å². The Morgan fingerprint density at radius 1 is 1.47 bits per heavy atom. The molecule has 0 aliphatic carbocycles. The molecule has 0 bridgehead atoms. The van der Waals surface area contributed by atoms with E-state index in [1.165, 1.54) is 0 Å². The lowest BCUT2D eigenvalue weighted by atomic mass is 10.3. The number of carbonyl (C=O) groups excluding carboxylic acids is 1. The van der Waals surface area contributed by atoms with Crippen LogP contribution in [-0.4, -0.2) is 16.6 Å². The molecule has 0 atom stereocenters. The zero-order chi connectivity index (χ0) is 11.6. The Labute approximate surface area is 91.8 Å². The van der Waals surface area contributed by atoms with E-state index in [4.69, 9.17) is 23.2 Å². The van der Waals surface area contributed by atoms with Crippen LogP contribution in [0.2, 0.25) is 5.02 Å². The standard InChI is InChI=1S/C7H2Cl2F3NO2/c8-4-1-5(15-7(10,11)12)13-2-3(4)6(9)14/h1-2H. The SMILES string of the molecule is O=C(Cl)c1cnc(OC(F)(F)F)cc1Cl. The molecule has 3 nitrogen and oxygen atoms in total. The summed E-state index contributed by atoms with van der Waals surface area (Å²) in [6.07, 6.45) is -4.05. The number of halogens is 5. The molecule has 0 N–H and O–H groups in total. The highest BCUT2D eigenvalue weighted by Gasteiger charge is 2.32. The topological polar surface area (TPSA) is 39.2 Å². The fourth-order valence-corrected chi connectivity index (χ4v) is 1.16. The molecular weight excluding hydrogens is 258 g/mol. The minimum Gasteiger partial charge on any atom is -0.388 e. The molecule has 0 saturated heterocycles. The van der Waals surface area contributed by atoms with Crippen LogP contribution in [0, 0.1) is 0 Å². The first kappa shape index (κ1) is 12.1. The second-order valence-corrected chi connectivity index (χ2v) is 3.07. The third-order valence-electron chi connectivity index (χ3n) is 1.26. The smallest absolute Gasteiger partial charge is 0.388 e. The van der Waals surface area contributed by atoms with Crippen LogP contribution in [-0.2, 0) is 0 Å². The summed E-state index contributed by atoms with van der Waals surface area (Å²) in [4.78, 5) is 13.9. The number of carbonyl (C=O) groups is 1. The molecule has 0 fully saturated rings. The van der Waals surface area contributed by atoms with Gasteiger partial charge in [-0.15, -0.1) is 13.2 Å². The van der Waals surface area contributed by atoms with E-state index in [1.54, 1.807) is 0 Å². The first-order chi connectivity index (χ1) is 6.79. The van der Waals surface area contributed by atoms with Crippen molar-refractivity contribution in [2.24, 2.45) is 0 Å². The number of rotatable bonds is 2. The second kappa shape index (κ2) is 4.24. The number of aromatic nitrogens is 1. The van der Waals surface area contributed by atoms with Crippen molar-refractivity contribution in [3.63, 3.8) is 0 Å². The van der Waals surface area contributed by atoms with Crippen LogP contribution in [0.3, 0.4) is 0 Å². The average Bonchev–Trinajstić information content (AvgIpc) is 1.99. The quantitative estimate of drug-likeness (QED) is 0.767. The van der Waals surface area contributed by atoms with Crippen molar-refractivity contribution >= 4 is 28.4 Å². The highest BCUT2D eigenvalue weighted by Crippen LogP contribution is 2.25. The minimum absolute atomic E-state index is 0.187. The van der Waals surface area contributed by atoms with Gasteiger partial charge >= 0.3 is 6.36 Å². The third kappa shape index (κ3) is 3.56. The lowest BCUT2D eigenvalue weighted by molar-refractivity contribution is -0.276. The fraction of sp³-hybridized carbons (Fsp3) is 0.143. The highest BCUT2D eigenvalue weighted by molar-refractivity contribution is 6.68. The molecule has 0 aromatic carbocycles. The molecule has 82 valence electrons. The Hall–Kier alpha value is -1.01. The van der Waals surface area contributed by atoms with Crippen molar-refractivity contribution in [3.05, 3.63) is 22.8 Å². The van der Waals surface area contributed by atoms with Crippen molar-refractivity contribution in [1.29, 1.82) is 0 Å². The van der Waals surface area contributed by atoms with Crippen molar-refractivity contribution in [1.82, 2.24) is 4.98 Å². The first-order valence-electron chi connectivity index (χ1n) is 3.41. The summed E-state index contributed by atoms with van der Waals surface area (Å²) in [6, 6.07) is 0.755. The molecule has 0 aliphatic rings. The van der Waals surface area contributed by atoms with Crippen molar-refractivity contribution < 1.29 is 22.7 Å². The van der Waals surface area contributed by atoms with E-state index < -0.39 is 17.5 Å². The molecule has 1 heterocycles. The van der Waals surface area contributed by atoms with Crippen LogP contribution >= 0.6 is 23.2 Å². The first-order valence-corrected chi connectivity index (χ1v) is 4.16. The van der Waals surface area contributed by atoms with Crippen molar-refractivity contribution in [2.75, 3.05) is 0 Å². The summed E-state index contributed by atoms with van der Waals surface area (Å²) < 4.78 is 38.7. The number of pyridine rings is 1. The van der Waals surface area contributed by atoms with Crippen LogP contribution in [0.25, 0.3) is 0 Å². The molecule has 0 aliphatic heterocycles. The van der Waals surface area contributed by atoms with E-state index in [-0.39, 0.29) is 10.6 Å². The van der Waals surface area contributed by atoms with Crippen LogP contribution in [0.4, 0.5) is 13.2 Å². The Bertz CT molecular complexity index is 394. The van der Waals surface area contributed by atoms with Crippen molar-refractivity contribution in [3.8, 4) is 5.88 Å². The number of nitrogens with zero attached hydrogens (tertiary/aromatic N) is 1. The molecule has 0 radical (unpaired) electrons. The van der Waals surface area contributed by atoms with E-state index in [0.717, 1.165) is 12.3 Å².